The van der Waals surface area contributed by atoms with Crippen molar-refractivity contribution in [1.29, 1.82) is 0 Å². The molecule has 0 saturated heterocycles. The molecule has 0 bridgehead atoms. The van der Waals surface area contributed by atoms with Gasteiger partial charge >= 0.3 is 0 Å². The van der Waals surface area contributed by atoms with Crippen LogP contribution >= 0.6 is 0 Å². The summed E-state index contributed by atoms with van der Waals surface area (Å²) in [6, 6.07) is 11.3. The highest BCUT2D eigenvalue weighted by Gasteiger charge is 2.30. The van der Waals surface area contributed by atoms with Gasteiger partial charge in [-0.05, 0) is 50.5 Å². The maximum Gasteiger partial charge on any atom is 0.274 e. The number of nitrogens with zero attached hydrogens (tertiary/aromatic N) is 2. The van der Waals surface area contributed by atoms with Gasteiger partial charge < -0.3 is 10.2 Å². The molecule has 25 heavy (non-hydrogen) atoms. The Bertz CT molecular complexity index is 848. The number of nitro groups is 1. The van der Waals surface area contributed by atoms with Crippen molar-refractivity contribution in [2.75, 3.05) is 16.8 Å². The zero-order valence-electron chi connectivity index (χ0n) is 14.6. The Balaban J connectivity index is 1.77. The zero-order chi connectivity index (χ0) is 18.1. The van der Waals surface area contributed by atoms with Crippen LogP contribution in [0.2, 0.25) is 0 Å². The van der Waals surface area contributed by atoms with E-state index < -0.39 is 4.92 Å². The molecule has 0 saturated carbocycles. The minimum atomic E-state index is -0.402. The fraction of sp³-hybridized carbons (Fsp3) is 0.316. The molecule has 0 radical (unpaired) electrons. The molecule has 6 heteroatoms. The van der Waals surface area contributed by atoms with E-state index in [0.717, 1.165) is 17.7 Å². The molecular formula is C19H21N3O3. The number of carbonyl (C=O) groups is 1. The molecule has 1 atom stereocenters. The maximum atomic E-state index is 12.7. The maximum absolute atomic E-state index is 12.7. The first-order chi connectivity index (χ1) is 11.9. The van der Waals surface area contributed by atoms with Crippen LogP contribution in [0.15, 0.2) is 36.4 Å². The van der Waals surface area contributed by atoms with Crippen molar-refractivity contribution in [3.63, 3.8) is 0 Å². The molecular weight excluding hydrogens is 318 g/mol. The van der Waals surface area contributed by atoms with Gasteiger partial charge in [-0.15, -0.1) is 0 Å². The average Bonchev–Trinajstić information content (AvgIpc) is 2.89. The van der Waals surface area contributed by atoms with Crippen LogP contribution < -0.4 is 10.2 Å². The molecule has 0 fully saturated rings. The number of amides is 1. The van der Waals surface area contributed by atoms with Crippen LogP contribution in [-0.2, 0) is 11.2 Å². The monoisotopic (exact) mass is 339 g/mol. The molecule has 1 N–H and O–H groups in total. The third kappa shape index (κ3) is 3.20. The summed E-state index contributed by atoms with van der Waals surface area (Å²) in [6.45, 7) is 5.71. The Hall–Kier alpha value is -2.89. The number of carbonyl (C=O) groups excluding carboxylic acids is 1. The average molecular weight is 339 g/mol. The van der Waals surface area contributed by atoms with Gasteiger partial charge in [0.1, 0.15) is 0 Å². The number of nitro benzene ring substituents is 1. The minimum absolute atomic E-state index is 0.0416. The normalized spacial score (nSPS) is 15.8. The Kier molecular flexibility index (Phi) is 4.44. The molecule has 1 aliphatic rings. The van der Waals surface area contributed by atoms with Crippen LogP contribution in [0.4, 0.5) is 17.1 Å². The van der Waals surface area contributed by atoms with E-state index in [1.807, 2.05) is 38.1 Å². The number of rotatable bonds is 4. The molecule has 2 aromatic carbocycles. The molecule has 0 aromatic heterocycles. The Labute approximate surface area is 146 Å². The predicted molar refractivity (Wildman–Crippen MR) is 98.2 cm³/mol. The molecule has 0 spiro atoms. The van der Waals surface area contributed by atoms with Crippen LogP contribution in [0.25, 0.3) is 0 Å². The lowest BCUT2D eigenvalue weighted by Gasteiger charge is -2.23. The first-order valence-corrected chi connectivity index (χ1v) is 8.28. The van der Waals surface area contributed by atoms with Crippen molar-refractivity contribution in [2.45, 2.75) is 33.2 Å². The van der Waals surface area contributed by atoms with Gasteiger partial charge in [0.15, 0.2) is 0 Å². The van der Waals surface area contributed by atoms with Crippen LogP contribution in [0.5, 0.6) is 0 Å². The lowest BCUT2D eigenvalue weighted by Crippen LogP contribution is -2.39. The quantitative estimate of drug-likeness (QED) is 0.682. The largest absolute Gasteiger partial charge is 0.376 e. The van der Waals surface area contributed by atoms with Gasteiger partial charge in [-0.25, -0.2) is 0 Å². The number of aryl methyl sites for hydroxylation is 2. The van der Waals surface area contributed by atoms with Gasteiger partial charge in [0.05, 0.1) is 11.5 Å². The Morgan fingerprint density at radius 1 is 1.28 bits per heavy atom. The summed E-state index contributed by atoms with van der Waals surface area (Å²) < 4.78 is 0. The number of hydrogen-bond donors (Lipinski definition) is 1. The van der Waals surface area contributed by atoms with Gasteiger partial charge in [-0.1, -0.05) is 18.2 Å². The van der Waals surface area contributed by atoms with Crippen molar-refractivity contribution < 1.29 is 9.72 Å². The predicted octanol–water partition coefficient (Wildman–Crippen LogP) is 3.60. The third-order valence-electron chi connectivity index (χ3n) is 4.65. The highest BCUT2D eigenvalue weighted by Crippen LogP contribution is 2.32. The van der Waals surface area contributed by atoms with Crippen molar-refractivity contribution in [3.05, 3.63) is 63.2 Å². The van der Waals surface area contributed by atoms with Crippen molar-refractivity contribution in [3.8, 4) is 0 Å². The fourth-order valence-electron chi connectivity index (χ4n) is 3.43. The smallest absolute Gasteiger partial charge is 0.274 e. The highest BCUT2D eigenvalue weighted by molar-refractivity contribution is 5.98. The second-order valence-corrected chi connectivity index (χ2v) is 6.51. The first-order valence-electron chi connectivity index (χ1n) is 8.28. The second-order valence-electron chi connectivity index (χ2n) is 6.51. The number of anilines is 2. The highest BCUT2D eigenvalue weighted by atomic mass is 16.6. The first kappa shape index (κ1) is 17.0. The van der Waals surface area contributed by atoms with Crippen LogP contribution in [-0.4, -0.2) is 23.4 Å². The summed E-state index contributed by atoms with van der Waals surface area (Å²) in [5.41, 5.74) is 4.29. The minimum Gasteiger partial charge on any atom is -0.376 e. The van der Waals surface area contributed by atoms with E-state index in [0.29, 0.717) is 11.3 Å². The molecule has 1 aliphatic heterocycles. The van der Waals surface area contributed by atoms with Crippen LogP contribution in [0, 0.1) is 24.0 Å². The van der Waals surface area contributed by atoms with E-state index in [-0.39, 0.29) is 24.2 Å². The summed E-state index contributed by atoms with van der Waals surface area (Å²) in [6.07, 6.45) is 0.844. The number of para-hydroxylation sites is 1. The fourth-order valence-corrected chi connectivity index (χ4v) is 3.43. The van der Waals surface area contributed by atoms with Crippen LogP contribution in [0.1, 0.15) is 23.6 Å². The molecule has 6 nitrogen and oxygen atoms in total. The van der Waals surface area contributed by atoms with E-state index in [1.54, 1.807) is 17.9 Å². The van der Waals surface area contributed by atoms with E-state index in [2.05, 4.69) is 5.32 Å². The van der Waals surface area contributed by atoms with Crippen molar-refractivity contribution in [2.24, 2.45) is 0 Å². The molecule has 1 heterocycles. The van der Waals surface area contributed by atoms with Gasteiger partial charge in [0.2, 0.25) is 5.91 Å². The third-order valence-corrected chi connectivity index (χ3v) is 4.65. The van der Waals surface area contributed by atoms with E-state index in [9.17, 15) is 14.9 Å². The van der Waals surface area contributed by atoms with Gasteiger partial charge in [-0.3, -0.25) is 14.9 Å². The van der Waals surface area contributed by atoms with Crippen LogP contribution in [0.3, 0.4) is 0 Å². The summed E-state index contributed by atoms with van der Waals surface area (Å²) in [5.74, 6) is -0.0416. The van der Waals surface area contributed by atoms with E-state index >= 15 is 0 Å². The lowest BCUT2D eigenvalue weighted by molar-refractivity contribution is -0.385. The summed E-state index contributed by atoms with van der Waals surface area (Å²) in [4.78, 5) is 25.2. The van der Waals surface area contributed by atoms with Crippen molar-refractivity contribution in [1.82, 2.24) is 0 Å². The van der Waals surface area contributed by atoms with E-state index in [1.165, 1.54) is 11.6 Å². The second kappa shape index (κ2) is 6.55. The Morgan fingerprint density at radius 3 is 2.72 bits per heavy atom. The van der Waals surface area contributed by atoms with Gasteiger partial charge in [-0.2, -0.15) is 0 Å². The summed E-state index contributed by atoms with van der Waals surface area (Å²) >= 11 is 0. The molecule has 130 valence electrons. The lowest BCUT2D eigenvalue weighted by atomic mass is 10.1. The van der Waals surface area contributed by atoms with E-state index in [4.69, 9.17) is 0 Å². The SMILES string of the molecule is Cc1cc(C)c([N+](=O)[O-])cc1NCC(=O)N1c2ccccc2CC1C. The summed E-state index contributed by atoms with van der Waals surface area (Å²) in [5, 5.41) is 14.2. The number of nitrogens with one attached hydrogen (secondary N) is 1. The molecule has 3 rings (SSSR count). The molecule has 1 amide bonds. The Morgan fingerprint density at radius 2 is 2.00 bits per heavy atom. The molecule has 2 aromatic rings. The van der Waals surface area contributed by atoms with Gasteiger partial charge in [0, 0.05) is 29.0 Å². The van der Waals surface area contributed by atoms with Gasteiger partial charge in [0.25, 0.3) is 5.69 Å². The topological polar surface area (TPSA) is 75.5 Å². The number of fused-ring (bicyclic) bond motifs is 1. The number of hydrogen-bond acceptors (Lipinski definition) is 4. The van der Waals surface area contributed by atoms with Crippen molar-refractivity contribution >= 4 is 23.0 Å². The summed E-state index contributed by atoms with van der Waals surface area (Å²) in [7, 11) is 0. The molecule has 1 unspecified atom stereocenters. The standard InChI is InChI=1S/C19H21N3O3/c1-12-8-13(2)18(22(24)25)10-16(12)20-11-19(23)21-14(3)9-15-6-4-5-7-17(15)21/h4-8,10,14,20H,9,11H2,1-3H3. The number of benzene rings is 2. The zero-order valence-corrected chi connectivity index (χ0v) is 14.6. The molecule has 0 aliphatic carbocycles.